The Balaban J connectivity index is 2.57. The first-order valence-electron chi connectivity index (χ1n) is 9.46. The van der Waals surface area contributed by atoms with Gasteiger partial charge >= 0.3 is 0 Å². The predicted octanol–water partition coefficient (Wildman–Crippen LogP) is 4.21. The zero-order valence-corrected chi connectivity index (χ0v) is 18.4. The van der Waals surface area contributed by atoms with Gasteiger partial charge in [0, 0.05) is 12.5 Å². The Morgan fingerprint density at radius 3 is 2.29 bits per heavy atom. The van der Waals surface area contributed by atoms with Crippen LogP contribution in [0.2, 0.25) is 0 Å². The van der Waals surface area contributed by atoms with Crippen molar-refractivity contribution >= 4 is 10.1 Å². The van der Waals surface area contributed by atoms with Gasteiger partial charge in [-0.25, -0.2) is 0 Å². The number of aryl methyl sites for hydroxylation is 1. The fourth-order valence-electron chi connectivity index (χ4n) is 3.56. The molecule has 0 fully saturated rings. The van der Waals surface area contributed by atoms with Gasteiger partial charge in [0.05, 0.1) is 12.0 Å². The van der Waals surface area contributed by atoms with E-state index < -0.39 is 15.7 Å². The number of nitrogens with zero attached hydrogens (tertiary/aromatic N) is 1. The summed E-state index contributed by atoms with van der Waals surface area (Å²) in [7, 11) is 1.58. The van der Waals surface area contributed by atoms with E-state index in [2.05, 4.69) is 0 Å². The van der Waals surface area contributed by atoms with Gasteiger partial charge in [-0.05, 0) is 57.3 Å². The third-order valence-corrected chi connectivity index (χ3v) is 6.45. The average Bonchev–Trinajstić information content (AvgIpc) is 2.66. The fraction of sp³-hybridized carbons (Fsp3) is 0.455. The summed E-state index contributed by atoms with van der Waals surface area (Å²) in [4.78, 5) is 2.20. The smallest absolute Gasteiger partial charge is 0.297 e. The number of hydrogen-bond donors (Lipinski definition) is 0. The van der Waals surface area contributed by atoms with E-state index >= 15 is 0 Å². The van der Waals surface area contributed by atoms with E-state index in [0.717, 1.165) is 11.1 Å². The molecule has 0 amide bonds. The summed E-state index contributed by atoms with van der Waals surface area (Å²) in [5.74, 6) is 0.587. The number of ether oxygens (including phenoxy) is 1. The van der Waals surface area contributed by atoms with Crippen molar-refractivity contribution in [1.29, 1.82) is 0 Å². The molecule has 2 aromatic rings. The van der Waals surface area contributed by atoms with Crippen molar-refractivity contribution in [1.82, 2.24) is 4.90 Å². The quantitative estimate of drug-likeness (QED) is 0.585. The minimum atomic E-state index is -3.95. The average molecular weight is 406 g/mol. The molecule has 0 spiro atoms. The maximum atomic E-state index is 13.2. The van der Waals surface area contributed by atoms with E-state index in [1.807, 2.05) is 64.0 Å². The summed E-state index contributed by atoms with van der Waals surface area (Å²) < 4.78 is 37.7. The molecule has 0 unspecified atom stereocenters. The van der Waals surface area contributed by atoms with Crippen LogP contribution in [-0.2, 0) is 19.9 Å². The predicted molar refractivity (Wildman–Crippen MR) is 112 cm³/mol. The Morgan fingerprint density at radius 2 is 1.75 bits per heavy atom. The van der Waals surface area contributed by atoms with Gasteiger partial charge in [0.2, 0.25) is 0 Å². The standard InChI is InChI=1S/C22H31NO4S/c1-7-22(18(3)16-23(4)5,19-9-8-10-20(15-19)26-6)27-28(24,25)21-13-11-17(2)12-14-21/h8-15,18H,7,16H2,1-6H3/t18-,22+/m0/s1. The summed E-state index contributed by atoms with van der Waals surface area (Å²) >= 11 is 0. The van der Waals surface area contributed by atoms with Gasteiger partial charge in [-0.2, -0.15) is 8.42 Å². The van der Waals surface area contributed by atoms with Crippen LogP contribution in [0, 0.1) is 12.8 Å². The first kappa shape index (κ1) is 22.4. The van der Waals surface area contributed by atoms with Crippen molar-refractivity contribution in [3.05, 3.63) is 59.7 Å². The molecule has 6 heteroatoms. The zero-order chi connectivity index (χ0) is 20.9. The van der Waals surface area contributed by atoms with Crippen molar-refractivity contribution in [3.8, 4) is 5.75 Å². The van der Waals surface area contributed by atoms with Crippen LogP contribution < -0.4 is 4.74 Å². The van der Waals surface area contributed by atoms with E-state index in [9.17, 15) is 8.42 Å². The molecule has 0 aliphatic carbocycles. The Bertz CT molecular complexity index is 878. The molecule has 0 bridgehead atoms. The van der Waals surface area contributed by atoms with Gasteiger partial charge in [-0.15, -0.1) is 0 Å². The summed E-state index contributed by atoms with van der Waals surface area (Å²) in [5, 5.41) is 0. The third kappa shape index (κ3) is 4.93. The molecule has 2 rings (SSSR count). The van der Waals surface area contributed by atoms with E-state index in [1.54, 1.807) is 31.4 Å². The van der Waals surface area contributed by atoms with Crippen molar-refractivity contribution in [2.45, 2.75) is 37.7 Å². The van der Waals surface area contributed by atoms with Crippen LogP contribution in [0.25, 0.3) is 0 Å². The number of rotatable bonds is 9. The Kier molecular flexibility index (Phi) is 7.26. The number of benzene rings is 2. The highest BCUT2D eigenvalue weighted by Gasteiger charge is 2.42. The Morgan fingerprint density at radius 1 is 1.11 bits per heavy atom. The second-order valence-electron chi connectivity index (χ2n) is 7.49. The second-order valence-corrected chi connectivity index (χ2v) is 9.04. The van der Waals surface area contributed by atoms with E-state index in [4.69, 9.17) is 8.92 Å². The molecule has 0 aliphatic heterocycles. The van der Waals surface area contributed by atoms with Crippen LogP contribution in [0.1, 0.15) is 31.4 Å². The molecule has 0 radical (unpaired) electrons. The highest BCUT2D eigenvalue weighted by atomic mass is 32.2. The largest absolute Gasteiger partial charge is 0.497 e. The molecular formula is C22H31NO4S. The maximum absolute atomic E-state index is 13.2. The van der Waals surface area contributed by atoms with Crippen molar-refractivity contribution in [2.75, 3.05) is 27.7 Å². The maximum Gasteiger partial charge on any atom is 0.297 e. The SMILES string of the molecule is CC[C@](OS(=O)(=O)c1ccc(C)cc1)(c1cccc(OC)c1)[C@@H](C)CN(C)C. The zero-order valence-electron chi connectivity index (χ0n) is 17.6. The molecule has 0 aliphatic rings. The van der Waals surface area contributed by atoms with Gasteiger partial charge in [0.1, 0.15) is 11.4 Å². The highest BCUT2D eigenvalue weighted by molar-refractivity contribution is 7.86. The molecule has 28 heavy (non-hydrogen) atoms. The first-order valence-corrected chi connectivity index (χ1v) is 10.9. The molecule has 154 valence electrons. The van der Waals surface area contributed by atoms with Gasteiger partial charge in [-0.3, -0.25) is 4.18 Å². The van der Waals surface area contributed by atoms with E-state index in [-0.39, 0.29) is 10.8 Å². The Hall–Kier alpha value is -1.89. The molecule has 0 saturated carbocycles. The third-order valence-electron chi connectivity index (χ3n) is 5.09. The van der Waals surface area contributed by atoms with Gasteiger partial charge in [0.15, 0.2) is 0 Å². The van der Waals surface area contributed by atoms with Crippen molar-refractivity contribution < 1.29 is 17.3 Å². The number of methoxy groups -OCH3 is 1. The molecule has 0 aromatic heterocycles. The van der Waals surface area contributed by atoms with Crippen molar-refractivity contribution in [3.63, 3.8) is 0 Å². The van der Waals surface area contributed by atoms with E-state index in [0.29, 0.717) is 18.7 Å². The Labute approximate surface area is 169 Å². The van der Waals surface area contributed by atoms with Gasteiger partial charge < -0.3 is 9.64 Å². The molecule has 2 aromatic carbocycles. The summed E-state index contributed by atoms with van der Waals surface area (Å²) in [6.07, 6.45) is 0.500. The molecule has 2 atom stereocenters. The molecule has 0 saturated heterocycles. The van der Waals surface area contributed by atoms with Crippen molar-refractivity contribution in [2.24, 2.45) is 5.92 Å². The fourth-order valence-corrected chi connectivity index (χ4v) is 4.89. The lowest BCUT2D eigenvalue weighted by Gasteiger charge is -2.39. The summed E-state index contributed by atoms with van der Waals surface area (Å²) in [5.41, 5.74) is 0.775. The lowest BCUT2D eigenvalue weighted by molar-refractivity contribution is 0.00258. The topological polar surface area (TPSA) is 55.8 Å². The van der Waals surface area contributed by atoms with Gasteiger partial charge in [0.25, 0.3) is 10.1 Å². The van der Waals surface area contributed by atoms with E-state index in [1.165, 1.54) is 0 Å². The lowest BCUT2D eigenvalue weighted by Crippen LogP contribution is -2.42. The van der Waals surface area contributed by atoms with Crippen LogP contribution in [0.5, 0.6) is 5.75 Å². The van der Waals surface area contributed by atoms with Crippen LogP contribution >= 0.6 is 0 Å². The molecule has 5 nitrogen and oxygen atoms in total. The van der Waals surface area contributed by atoms with Crippen LogP contribution in [0.3, 0.4) is 0 Å². The molecule has 0 heterocycles. The van der Waals surface area contributed by atoms with Crippen LogP contribution in [-0.4, -0.2) is 41.1 Å². The summed E-state index contributed by atoms with van der Waals surface area (Å²) in [6.45, 7) is 6.57. The lowest BCUT2D eigenvalue weighted by atomic mass is 9.80. The molecule has 0 N–H and O–H groups in total. The number of hydrogen-bond acceptors (Lipinski definition) is 5. The van der Waals surface area contributed by atoms with Crippen LogP contribution in [0.15, 0.2) is 53.4 Å². The summed E-state index contributed by atoms with van der Waals surface area (Å²) in [6, 6.07) is 14.2. The minimum Gasteiger partial charge on any atom is -0.497 e. The normalized spacial score (nSPS) is 15.2. The monoisotopic (exact) mass is 405 g/mol. The highest BCUT2D eigenvalue weighted by Crippen LogP contribution is 2.41. The minimum absolute atomic E-state index is 0.0835. The first-order chi connectivity index (χ1) is 13.1. The van der Waals surface area contributed by atoms with Gasteiger partial charge in [-0.1, -0.05) is 43.7 Å². The second kappa shape index (κ2) is 9.07. The van der Waals surface area contributed by atoms with Crippen LogP contribution in [0.4, 0.5) is 0 Å². The molecular weight excluding hydrogens is 374 g/mol.